The Morgan fingerprint density at radius 2 is 1.71 bits per heavy atom. The van der Waals surface area contributed by atoms with Crippen LogP contribution in [-0.2, 0) is 16.0 Å². The van der Waals surface area contributed by atoms with Crippen LogP contribution in [0.15, 0.2) is 18.2 Å². The Bertz CT molecular complexity index is 863. The fraction of sp³-hybridized carbons (Fsp3) is 0.654. The summed E-state index contributed by atoms with van der Waals surface area (Å²) in [5, 5.41) is 26.7. The molecule has 0 spiro atoms. The lowest BCUT2D eigenvalue weighted by molar-refractivity contribution is -0.124. The SMILES string of the molecule is COc1ccc(CC(=O)NC(=N)N[C@H](CC2CCCCC2)C(=O)N[C@H]2CC[C@H](O)CC2)cc1OC. The van der Waals surface area contributed by atoms with Crippen molar-refractivity contribution in [1.82, 2.24) is 16.0 Å². The molecule has 0 aliphatic heterocycles. The van der Waals surface area contributed by atoms with Gasteiger partial charge in [-0.2, -0.15) is 0 Å². The van der Waals surface area contributed by atoms with Gasteiger partial charge in [-0.15, -0.1) is 0 Å². The number of methoxy groups -OCH3 is 2. The molecule has 0 saturated heterocycles. The summed E-state index contributed by atoms with van der Waals surface area (Å²) in [6.07, 6.45) is 9.02. The van der Waals surface area contributed by atoms with Crippen LogP contribution in [0.3, 0.4) is 0 Å². The van der Waals surface area contributed by atoms with Crippen molar-refractivity contribution in [3.63, 3.8) is 0 Å². The van der Waals surface area contributed by atoms with E-state index in [0.29, 0.717) is 36.7 Å². The molecule has 3 rings (SSSR count). The lowest BCUT2D eigenvalue weighted by atomic mass is 9.84. The molecule has 2 fully saturated rings. The number of aliphatic hydroxyl groups excluding tert-OH is 1. The number of ether oxygens (including phenoxy) is 2. The second-order valence-electron chi connectivity index (χ2n) is 9.74. The van der Waals surface area contributed by atoms with Crippen LogP contribution in [0.5, 0.6) is 11.5 Å². The third-order valence-electron chi connectivity index (χ3n) is 7.05. The normalized spacial score (nSPS) is 21.5. The largest absolute Gasteiger partial charge is 0.493 e. The molecule has 2 aliphatic rings. The summed E-state index contributed by atoms with van der Waals surface area (Å²) in [6, 6.07) is 4.70. The van der Waals surface area contributed by atoms with Gasteiger partial charge in [0.2, 0.25) is 11.8 Å². The first-order valence-corrected chi connectivity index (χ1v) is 12.7. The number of amides is 2. The minimum Gasteiger partial charge on any atom is -0.493 e. The quantitative estimate of drug-likeness (QED) is 0.268. The van der Waals surface area contributed by atoms with Gasteiger partial charge in [0.25, 0.3) is 0 Å². The molecule has 1 atom stereocenters. The Hall–Kier alpha value is -2.81. The molecule has 2 aliphatic carbocycles. The highest BCUT2D eigenvalue weighted by Crippen LogP contribution is 2.28. The topological polar surface area (TPSA) is 133 Å². The van der Waals surface area contributed by atoms with Crippen LogP contribution < -0.4 is 25.4 Å². The van der Waals surface area contributed by atoms with Gasteiger partial charge in [0.1, 0.15) is 6.04 Å². The van der Waals surface area contributed by atoms with Gasteiger partial charge in [0.15, 0.2) is 17.5 Å². The minimum absolute atomic E-state index is 0.0374. The van der Waals surface area contributed by atoms with Gasteiger partial charge in [0, 0.05) is 6.04 Å². The maximum absolute atomic E-state index is 13.1. The van der Waals surface area contributed by atoms with E-state index < -0.39 is 6.04 Å². The number of hydrogen-bond acceptors (Lipinski definition) is 6. The maximum atomic E-state index is 13.1. The molecule has 0 aromatic heterocycles. The zero-order valence-electron chi connectivity index (χ0n) is 20.9. The molecule has 1 aromatic rings. The van der Waals surface area contributed by atoms with E-state index in [9.17, 15) is 14.7 Å². The summed E-state index contributed by atoms with van der Waals surface area (Å²) in [6.45, 7) is 0. The van der Waals surface area contributed by atoms with Gasteiger partial charge in [-0.25, -0.2) is 0 Å². The highest BCUT2D eigenvalue weighted by molar-refractivity contribution is 5.98. The molecule has 0 heterocycles. The zero-order chi connectivity index (χ0) is 25.2. The number of carbonyl (C=O) groups is 2. The number of rotatable bonds is 9. The van der Waals surface area contributed by atoms with Gasteiger partial charge in [0.05, 0.1) is 26.7 Å². The summed E-state index contributed by atoms with van der Waals surface area (Å²) < 4.78 is 10.5. The number of benzene rings is 1. The van der Waals surface area contributed by atoms with E-state index in [1.54, 1.807) is 25.3 Å². The van der Waals surface area contributed by atoms with Crippen molar-refractivity contribution in [3.8, 4) is 11.5 Å². The molecule has 194 valence electrons. The molecular weight excluding hydrogens is 448 g/mol. The van der Waals surface area contributed by atoms with E-state index in [1.807, 2.05) is 0 Å². The molecule has 9 heteroatoms. The van der Waals surface area contributed by atoms with Crippen molar-refractivity contribution < 1.29 is 24.2 Å². The zero-order valence-corrected chi connectivity index (χ0v) is 20.9. The fourth-order valence-corrected chi connectivity index (χ4v) is 5.08. The third kappa shape index (κ3) is 8.42. The van der Waals surface area contributed by atoms with Crippen molar-refractivity contribution >= 4 is 17.8 Å². The van der Waals surface area contributed by atoms with E-state index >= 15 is 0 Å². The summed E-state index contributed by atoms with van der Waals surface area (Å²) >= 11 is 0. The van der Waals surface area contributed by atoms with E-state index in [-0.39, 0.29) is 36.3 Å². The van der Waals surface area contributed by atoms with Crippen LogP contribution in [0.4, 0.5) is 0 Å². The molecule has 2 amide bonds. The van der Waals surface area contributed by atoms with Gasteiger partial charge in [-0.3, -0.25) is 20.3 Å². The standard InChI is InChI=1S/C26H40N4O5/c1-34-22-13-8-18(15-23(22)35-2)16-24(32)30-26(27)29-21(14-17-6-4-3-5-7-17)25(33)28-19-9-11-20(31)12-10-19/h8,13,15,17,19-21,31H,3-7,9-12,14,16H2,1-2H3,(H,28,33)(H3,27,29,30,32)/t19-,20-,21-/m1/s1. The van der Waals surface area contributed by atoms with Crippen molar-refractivity contribution in [2.75, 3.05) is 14.2 Å². The smallest absolute Gasteiger partial charge is 0.242 e. The van der Waals surface area contributed by atoms with Crippen molar-refractivity contribution in [3.05, 3.63) is 23.8 Å². The van der Waals surface area contributed by atoms with Crippen LogP contribution in [-0.4, -0.2) is 55.3 Å². The maximum Gasteiger partial charge on any atom is 0.242 e. The molecule has 0 radical (unpaired) electrons. The second-order valence-corrected chi connectivity index (χ2v) is 9.74. The minimum atomic E-state index is -0.584. The van der Waals surface area contributed by atoms with E-state index in [2.05, 4.69) is 16.0 Å². The van der Waals surface area contributed by atoms with Crippen LogP contribution in [0.25, 0.3) is 0 Å². The molecule has 1 aromatic carbocycles. The van der Waals surface area contributed by atoms with Crippen molar-refractivity contribution in [2.24, 2.45) is 5.92 Å². The van der Waals surface area contributed by atoms with E-state index in [1.165, 1.54) is 26.4 Å². The van der Waals surface area contributed by atoms with Crippen molar-refractivity contribution in [2.45, 2.75) is 88.8 Å². The first-order chi connectivity index (χ1) is 16.9. The Kier molecular flexibility index (Phi) is 10.2. The average molecular weight is 489 g/mol. The lowest BCUT2D eigenvalue weighted by Gasteiger charge is -2.30. The van der Waals surface area contributed by atoms with Crippen LogP contribution in [0.2, 0.25) is 0 Å². The Balaban J connectivity index is 1.57. The first kappa shape index (κ1) is 26.8. The molecular formula is C26H40N4O5. The predicted molar refractivity (Wildman–Crippen MR) is 134 cm³/mol. The highest BCUT2D eigenvalue weighted by atomic mass is 16.5. The fourth-order valence-electron chi connectivity index (χ4n) is 5.08. The molecule has 0 unspecified atom stereocenters. The van der Waals surface area contributed by atoms with Gasteiger partial charge in [-0.05, 0) is 55.7 Å². The average Bonchev–Trinajstić information content (AvgIpc) is 2.85. The third-order valence-corrected chi connectivity index (χ3v) is 7.05. The summed E-state index contributed by atoms with van der Waals surface area (Å²) in [4.78, 5) is 25.7. The summed E-state index contributed by atoms with van der Waals surface area (Å²) in [7, 11) is 3.09. The number of nitrogens with one attached hydrogen (secondary N) is 4. The molecule has 9 nitrogen and oxygen atoms in total. The monoisotopic (exact) mass is 488 g/mol. The molecule has 2 saturated carbocycles. The van der Waals surface area contributed by atoms with Crippen LogP contribution >= 0.6 is 0 Å². The predicted octanol–water partition coefficient (Wildman–Crippen LogP) is 2.65. The lowest BCUT2D eigenvalue weighted by Crippen LogP contribution is -2.54. The molecule has 0 bridgehead atoms. The Labute approximate surface area is 207 Å². The summed E-state index contributed by atoms with van der Waals surface area (Å²) in [5.74, 6) is 0.866. The van der Waals surface area contributed by atoms with E-state index in [0.717, 1.165) is 31.2 Å². The van der Waals surface area contributed by atoms with Crippen LogP contribution in [0, 0.1) is 11.3 Å². The molecule has 35 heavy (non-hydrogen) atoms. The van der Waals surface area contributed by atoms with Gasteiger partial charge >= 0.3 is 0 Å². The summed E-state index contributed by atoms with van der Waals surface area (Å²) in [5.41, 5.74) is 0.726. The van der Waals surface area contributed by atoms with Gasteiger partial charge < -0.3 is 25.2 Å². The van der Waals surface area contributed by atoms with Crippen molar-refractivity contribution in [1.29, 1.82) is 5.41 Å². The van der Waals surface area contributed by atoms with Gasteiger partial charge in [-0.1, -0.05) is 38.2 Å². The van der Waals surface area contributed by atoms with Crippen LogP contribution in [0.1, 0.15) is 69.8 Å². The number of hydrogen-bond donors (Lipinski definition) is 5. The highest BCUT2D eigenvalue weighted by Gasteiger charge is 2.28. The Morgan fingerprint density at radius 3 is 2.37 bits per heavy atom. The number of guanidine groups is 1. The van der Waals surface area contributed by atoms with E-state index in [4.69, 9.17) is 14.9 Å². The second kappa shape index (κ2) is 13.3. The number of carbonyl (C=O) groups excluding carboxylic acids is 2. The Morgan fingerprint density at radius 1 is 1.03 bits per heavy atom. The number of aliphatic hydroxyl groups is 1. The molecule has 5 N–H and O–H groups in total. The first-order valence-electron chi connectivity index (χ1n) is 12.7.